The van der Waals surface area contributed by atoms with Crippen molar-refractivity contribution in [2.45, 2.75) is 44.7 Å². The van der Waals surface area contributed by atoms with Crippen molar-refractivity contribution in [2.24, 2.45) is 0 Å². The van der Waals surface area contributed by atoms with E-state index in [4.69, 9.17) is 0 Å². The zero-order chi connectivity index (χ0) is 24.7. The summed E-state index contributed by atoms with van der Waals surface area (Å²) in [7, 11) is 2.29. The molecule has 1 heterocycles. The van der Waals surface area contributed by atoms with Crippen LogP contribution < -0.4 is 15.9 Å². The van der Waals surface area contributed by atoms with Gasteiger partial charge in [-0.05, 0) is 66.1 Å². The highest BCUT2D eigenvalue weighted by molar-refractivity contribution is 7.46. The maximum atomic E-state index is 13.5. The summed E-state index contributed by atoms with van der Waals surface area (Å²) in [6.45, 7) is 5.11. The number of halogens is 2. The summed E-state index contributed by atoms with van der Waals surface area (Å²) in [6.07, 6.45) is 2.83. The number of nitrogens with zero attached hydrogens (tertiary/aromatic N) is 1. The van der Waals surface area contributed by atoms with Crippen molar-refractivity contribution in [1.29, 1.82) is 0 Å². The van der Waals surface area contributed by atoms with Crippen LogP contribution >= 0.6 is 8.58 Å². The minimum Gasteiger partial charge on any atom is -0.358 e. The predicted molar refractivity (Wildman–Crippen MR) is 136 cm³/mol. The standard InChI is InChI=1S/C27H32F2N3OP/c1-18-10-13-21(16-23(18)34-4)22(14-11-19-12-15-24(31-17-19)27(2,28)29)32-25(26(33)30-3)20-8-6-5-7-9-20/h5-10,12-13,15-17,22,25,32,34H,11,14H2,1-4H3,(H,30,33)/t22-,25?/m1/s1. The summed E-state index contributed by atoms with van der Waals surface area (Å²) in [5.74, 6) is -3.07. The summed E-state index contributed by atoms with van der Waals surface area (Å²) >= 11 is 0. The number of aryl methyl sites for hydroxylation is 2. The summed E-state index contributed by atoms with van der Waals surface area (Å²) in [5.41, 5.74) is 3.87. The van der Waals surface area contributed by atoms with Crippen LogP contribution in [0, 0.1) is 6.92 Å². The number of pyridine rings is 1. The van der Waals surface area contributed by atoms with E-state index in [9.17, 15) is 13.6 Å². The molecular weight excluding hydrogens is 451 g/mol. The van der Waals surface area contributed by atoms with E-state index in [-0.39, 0.29) is 17.6 Å². The quantitative estimate of drug-likeness (QED) is 0.391. The number of aromatic nitrogens is 1. The molecule has 0 radical (unpaired) electrons. The number of amides is 1. The molecule has 2 N–H and O–H groups in total. The average molecular weight is 484 g/mol. The molecule has 1 aromatic heterocycles. The number of hydrogen-bond acceptors (Lipinski definition) is 3. The summed E-state index contributed by atoms with van der Waals surface area (Å²) in [6, 6.07) is 18.5. The van der Waals surface area contributed by atoms with Crippen molar-refractivity contribution in [1.82, 2.24) is 15.6 Å². The first-order valence-electron chi connectivity index (χ1n) is 11.4. The topological polar surface area (TPSA) is 54.0 Å². The molecule has 0 saturated carbocycles. The molecule has 0 saturated heterocycles. The SMILES string of the molecule is CNC(=O)C(N[C@H](CCc1ccc(C(C)(F)F)nc1)c1ccc(C)c(PC)c1)c1ccccc1. The minimum absolute atomic E-state index is 0.114. The van der Waals surface area contributed by atoms with Gasteiger partial charge in [-0.2, -0.15) is 8.78 Å². The molecule has 3 rings (SSSR count). The lowest BCUT2D eigenvalue weighted by Gasteiger charge is -2.26. The molecule has 0 spiro atoms. The Labute approximate surface area is 202 Å². The van der Waals surface area contributed by atoms with Gasteiger partial charge in [0, 0.05) is 26.2 Å². The van der Waals surface area contributed by atoms with Gasteiger partial charge in [0.15, 0.2) is 0 Å². The first-order valence-corrected chi connectivity index (χ1v) is 12.9. The van der Waals surface area contributed by atoms with Gasteiger partial charge in [0.2, 0.25) is 5.91 Å². The number of alkyl halides is 2. The molecule has 34 heavy (non-hydrogen) atoms. The van der Waals surface area contributed by atoms with E-state index in [0.29, 0.717) is 21.4 Å². The molecule has 7 heteroatoms. The number of benzene rings is 2. The van der Waals surface area contributed by atoms with E-state index in [2.05, 4.69) is 47.4 Å². The van der Waals surface area contributed by atoms with Crippen LogP contribution in [0.4, 0.5) is 8.78 Å². The summed E-state index contributed by atoms with van der Waals surface area (Å²) in [5, 5.41) is 7.62. The molecule has 0 fully saturated rings. The molecule has 0 bridgehead atoms. The molecule has 3 atom stereocenters. The summed E-state index contributed by atoms with van der Waals surface area (Å²) in [4.78, 5) is 16.8. The highest BCUT2D eigenvalue weighted by Crippen LogP contribution is 2.27. The number of carbonyl (C=O) groups is 1. The van der Waals surface area contributed by atoms with Gasteiger partial charge in [-0.3, -0.25) is 15.1 Å². The molecule has 0 aliphatic carbocycles. The van der Waals surface area contributed by atoms with Gasteiger partial charge in [0.25, 0.3) is 5.92 Å². The lowest BCUT2D eigenvalue weighted by atomic mass is 9.96. The number of rotatable bonds is 10. The largest absolute Gasteiger partial charge is 0.358 e. The second-order valence-electron chi connectivity index (χ2n) is 8.48. The fourth-order valence-electron chi connectivity index (χ4n) is 3.93. The Morgan fingerprint density at radius 3 is 2.41 bits per heavy atom. The zero-order valence-electron chi connectivity index (χ0n) is 20.0. The van der Waals surface area contributed by atoms with Crippen molar-refractivity contribution >= 4 is 19.8 Å². The third-order valence-corrected chi connectivity index (χ3v) is 7.02. The van der Waals surface area contributed by atoms with Gasteiger partial charge in [-0.15, -0.1) is 0 Å². The molecule has 0 aliphatic heterocycles. The third kappa shape index (κ3) is 6.68. The molecule has 2 aromatic carbocycles. The van der Waals surface area contributed by atoms with Gasteiger partial charge in [0.05, 0.1) is 0 Å². The number of carbonyl (C=O) groups excluding carboxylic acids is 1. The number of hydrogen-bond donors (Lipinski definition) is 2. The molecule has 180 valence electrons. The Balaban J connectivity index is 1.89. The van der Waals surface area contributed by atoms with E-state index in [0.717, 1.165) is 23.6 Å². The van der Waals surface area contributed by atoms with Crippen molar-refractivity contribution in [2.75, 3.05) is 13.7 Å². The highest BCUT2D eigenvalue weighted by Gasteiger charge is 2.26. The average Bonchev–Trinajstić information content (AvgIpc) is 2.84. The van der Waals surface area contributed by atoms with Crippen molar-refractivity contribution in [3.8, 4) is 0 Å². The first kappa shape index (κ1) is 25.9. The minimum atomic E-state index is -2.96. The lowest BCUT2D eigenvalue weighted by Crippen LogP contribution is -2.38. The van der Waals surface area contributed by atoms with Crippen molar-refractivity contribution in [3.63, 3.8) is 0 Å². The van der Waals surface area contributed by atoms with Crippen LogP contribution in [0.15, 0.2) is 66.9 Å². The number of nitrogens with one attached hydrogen (secondary N) is 2. The van der Waals surface area contributed by atoms with Crippen LogP contribution in [0.5, 0.6) is 0 Å². The third-order valence-electron chi connectivity index (χ3n) is 5.94. The van der Waals surface area contributed by atoms with Gasteiger partial charge < -0.3 is 5.32 Å². The molecule has 4 nitrogen and oxygen atoms in total. The van der Waals surface area contributed by atoms with Gasteiger partial charge in [-0.1, -0.05) is 57.1 Å². The van der Waals surface area contributed by atoms with Gasteiger partial charge in [0.1, 0.15) is 11.7 Å². The Morgan fingerprint density at radius 1 is 1.09 bits per heavy atom. The van der Waals surface area contributed by atoms with E-state index >= 15 is 0 Å². The Hall–Kier alpha value is -2.69. The van der Waals surface area contributed by atoms with E-state index in [1.54, 1.807) is 13.1 Å². The second kappa shape index (κ2) is 11.6. The molecule has 1 amide bonds. The first-order chi connectivity index (χ1) is 16.2. The Morgan fingerprint density at radius 2 is 1.82 bits per heavy atom. The van der Waals surface area contributed by atoms with Gasteiger partial charge in [-0.25, -0.2) is 0 Å². The fourth-order valence-corrected chi connectivity index (χ4v) is 4.72. The van der Waals surface area contributed by atoms with Crippen molar-refractivity contribution < 1.29 is 13.6 Å². The summed E-state index contributed by atoms with van der Waals surface area (Å²) < 4.78 is 27.1. The van der Waals surface area contributed by atoms with Crippen LogP contribution in [0.1, 0.15) is 53.4 Å². The van der Waals surface area contributed by atoms with Crippen LogP contribution in [0.2, 0.25) is 0 Å². The normalized spacial score (nSPS) is 13.7. The monoisotopic (exact) mass is 483 g/mol. The fraction of sp³-hybridized carbons (Fsp3) is 0.333. The second-order valence-corrected chi connectivity index (χ2v) is 9.52. The Bertz CT molecular complexity index is 1090. The maximum Gasteiger partial charge on any atom is 0.286 e. The zero-order valence-corrected chi connectivity index (χ0v) is 21.0. The highest BCUT2D eigenvalue weighted by atomic mass is 31.1. The van der Waals surface area contributed by atoms with Crippen molar-refractivity contribution in [3.05, 3.63) is 94.8 Å². The number of likely N-dealkylation sites (N-methyl/N-ethyl adjacent to an activating group) is 1. The van der Waals surface area contributed by atoms with Crippen LogP contribution in [-0.2, 0) is 17.1 Å². The molecule has 3 aromatic rings. The maximum absolute atomic E-state index is 13.5. The molecule has 2 unspecified atom stereocenters. The van der Waals surface area contributed by atoms with E-state index < -0.39 is 12.0 Å². The predicted octanol–water partition coefficient (Wildman–Crippen LogP) is 5.19. The van der Waals surface area contributed by atoms with Crippen LogP contribution in [0.25, 0.3) is 0 Å². The Kier molecular flexibility index (Phi) is 8.87. The van der Waals surface area contributed by atoms with Crippen LogP contribution in [0.3, 0.4) is 0 Å². The van der Waals surface area contributed by atoms with E-state index in [1.165, 1.54) is 23.1 Å². The smallest absolute Gasteiger partial charge is 0.286 e. The molecule has 0 aliphatic rings. The van der Waals surface area contributed by atoms with Crippen LogP contribution in [-0.4, -0.2) is 24.6 Å². The van der Waals surface area contributed by atoms with E-state index in [1.807, 2.05) is 30.3 Å². The van der Waals surface area contributed by atoms with Gasteiger partial charge >= 0.3 is 0 Å². The molecular formula is C27H32F2N3OP. The lowest BCUT2D eigenvalue weighted by molar-refractivity contribution is -0.123.